The Morgan fingerprint density at radius 3 is 2.28 bits per heavy atom. The highest BCUT2D eigenvalue weighted by atomic mass is 32.1. The van der Waals surface area contributed by atoms with E-state index in [4.69, 9.17) is 19.2 Å². The second-order valence-electron chi connectivity index (χ2n) is 11.1. The number of thiazole rings is 1. The normalized spacial score (nSPS) is 14.6. The molecule has 0 amide bonds. The van der Waals surface area contributed by atoms with Crippen LogP contribution in [0.5, 0.6) is 5.75 Å². The Bertz CT molecular complexity index is 2260. The maximum absolute atomic E-state index is 14.4. The Hall–Kier alpha value is -5.22. The van der Waals surface area contributed by atoms with Crippen molar-refractivity contribution in [2.45, 2.75) is 40.7 Å². The molecule has 6 rings (SSSR count). The number of benzene rings is 3. The van der Waals surface area contributed by atoms with Crippen LogP contribution in [0, 0.1) is 13.8 Å². The van der Waals surface area contributed by atoms with Crippen LogP contribution in [-0.2, 0) is 14.3 Å². The lowest BCUT2D eigenvalue weighted by Gasteiger charge is -2.26. The van der Waals surface area contributed by atoms with Crippen molar-refractivity contribution in [3.63, 3.8) is 0 Å². The fourth-order valence-corrected chi connectivity index (χ4v) is 7.27. The number of nitrogens with zero attached hydrogens (tertiary/aromatic N) is 3. The highest BCUT2D eigenvalue weighted by molar-refractivity contribution is 7.07. The molecule has 0 N–H and O–H groups in total. The average molecular weight is 650 g/mol. The number of rotatable bonds is 8. The fourth-order valence-electron chi connectivity index (χ4n) is 6.23. The van der Waals surface area contributed by atoms with Crippen LogP contribution in [-0.4, -0.2) is 41.4 Å². The molecule has 1 aliphatic rings. The molecule has 0 saturated carbocycles. The maximum atomic E-state index is 14.4. The van der Waals surface area contributed by atoms with Crippen molar-refractivity contribution in [3.8, 4) is 11.4 Å². The van der Waals surface area contributed by atoms with Gasteiger partial charge in [0.05, 0.1) is 47.7 Å². The van der Waals surface area contributed by atoms with Gasteiger partial charge in [-0.25, -0.2) is 14.6 Å². The van der Waals surface area contributed by atoms with Crippen molar-refractivity contribution in [1.82, 2.24) is 9.13 Å². The molecule has 0 spiro atoms. The van der Waals surface area contributed by atoms with Crippen LogP contribution in [0.25, 0.3) is 22.5 Å². The second kappa shape index (κ2) is 12.9. The topological polar surface area (TPSA) is 101 Å². The minimum atomic E-state index is -0.756. The van der Waals surface area contributed by atoms with Gasteiger partial charge in [0.15, 0.2) is 4.80 Å². The molecule has 1 atom stereocenters. The van der Waals surface area contributed by atoms with Gasteiger partial charge in [-0.05, 0) is 93.6 Å². The summed E-state index contributed by atoms with van der Waals surface area (Å²) in [5.41, 5.74) is 5.48. The number of hydrogen-bond acceptors (Lipinski definition) is 8. The van der Waals surface area contributed by atoms with Crippen LogP contribution >= 0.6 is 11.3 Å². The van der Waals surface area contributed by atoms with Gasteiger partial charge in [-0.15, -0.1) is 0 Å². The largest absolute Gasteiger partial charge is 0.496 e. The highest BCUT2D eigenvalue weighted by Gasteiger charge is 2.34. The molecule has 0 aliphatic carbocycles. The molecular formula is C37H35N3O6S. The van der Waals surface area contributed by atoms with Gasteiger partial charge in [0, 0.05) is 22.5 Å². The van der Waals surface area contributed by atoms with Crippen LogP contribution in [0.15, 0.2) is 87.8 Å². The van der Waals surface area contributed by atoms with E-state index in [1.165, 1.54) is 11.3 Å². The molecule has 1 aliphatic heterocycles. The number of esters is 2. The van der Waals surface area contributed by atoms with E-state index in [1.54, 1.807) is 44.6 Å². The van der Waals surface area contributed by atoms with E-state index < -0.39 is 12.0 Å². The van der Waals surface area contributed by atoms with E-state index in [1.807, 2.05) is 74.5 Å². The summed E-state index contributed by atoms with van der Waals surface area (Å²) in [6.07, 6.45) is 1.88. The number of fused-ring (bicyclic) bond motifs is 2. The molecule has 2 aromatic heterocycles. The van der Waals surface area contributed by atoms with Crippen LogP contribution in [0.2, 0.25) is 0 Å². The third-order valence-corrected chi connectivity index (χ3v) is 9.33. The third kappa shape index (κ3) is 5.59. The Labute approximate surface area is 275 Å². The molecular weight excluding hydrogens is 614 g/mol. The number of methoxy groups -OCH3 is 1. The minimum absolute atomic E-state index is 0.192. The van der Waals surface area contributed by atoms with E-state index in [0.29, 0.717) is 38.5 Å². The zero-order valence-corrected chi connectivity index (χ0v) is 27.9. The van der Waals surface area contributed by atoms with E-state index >= 15 is 0 Å². The molecule has 0 radical (unpaired) electrons. The third-order valence-electron chi connectivity index (χ3n) is 8.34. The van der Waals surface area contributed by atoms with Crippen molar-refractivity contribution >= 4 is 40.1 Å². The number of aromatic nitrogens is 2. The summed E-state index contributed by atoms with van der Waals surface area (Å²) in [6.45, 7) is 9.80. The van der Waals surface area contributed by atoms with E-state index in [0.717, 1.165) is 39.0 Å². The summed E-state index contributed by atoms with van der Waals surface area (Å²) in [7, 11) is 1.62. The number of carbonyl (C=O) groups is 2. The Morgan fingerprint density at radius 1 is 0.915 bits per heavy atom. The number of hydrogen-bond donors (Lipinski definition) is 0. The van der Waals surface area contributed by atoms with Gasteiger partial charge in [0.25, 0.3) is 5.56 Å². The molecule has 0 bridgehead atoms. The summed E-state index contributed by atoms with van der Waals surface area (Å²) in [4.78, 5) is 45.2. The second-order valence-corrected chi connectivity index (χ2v) is 12.1. The van der Waals surface area contributed by atoms with Gasteiger partial charge in [-0.3, -0.25) is 9.36 Å². The summed E-state index contributed by atoms with van der Waals surface area (Å²) in [5.74, 6) is -0.176. The van der Waals surface area contributed by atoms with Gasteiger partial charge in [-0.2, -0.15) is 0 Å². The standard InChI is InChI=1S/C37H35N3O6S/c1-7-45-35(42)24-13-15-26(16-14-24)39-21(3)19-25(23(39)5)20-31-34(41)40-33(32(36(43)46-8-2)22(4)38-37(40)47-31)29-17-18-30(44-6)28-12-10-9-11-27(28)29/h9-20,33H,7-8H2,1-6H3/b31-20-/t33-/m1/s1. The summed E-state index contributed by atoms with van der Waals surface area (Å²) >= 11 is 1.29. The molecule has 0 fully saturated rings. The summed E-state index contributed by atoms with van der Waals surface area (Å²) < 4.78 is 20.4. The maximum Gasteiger partial charge on any atom is 0.338 e. The molecule has 9 nitrogen and oxygen atoms in total. The first-order chi connectivity index (χ1) is 22.7. The monoisotopic (exact) mass is 649 g/mol. The first-order valence-corrected chi connectivity index (χ1v) is 16.2. The molecule has 47 heavy (non-hydrogen) atoms. The van der Waals surface area contributed by atoms with E-state index in [-0.39, 0.29) is 18.1 Å². The van der Waals surface area contributed by atoms with Gasteiger partial charge in [-0.1, -0.05) is 41.7 Å². The lowest BCUT2D eigenvalue weighted by atomic mass is 9.91. The molecule has 3 aromatic carbocycles. The van der Waals surface area contributed by atoms with Crippen molar-refractivity contribution in [2.24, 2.45) is 4.99 Å². The Morgan fingerprint density at radius 2 is 1.60 bits per heavy atom. The van der Waals surface area contributed by atoms with Crippen LogP contribution in [0.1, 0.15) is 59.7 Å². The Balaban J connectivity index is 1.51. The van der Waals surface area contributed by atoms with E-state index in [2.05, 4.69) is 4.57 Å². The van der Waals surface area contributed by atoms with Crippen molar-refractivity contribution in [2.75, 3.05) is 20.3 Å². The highest BCUT2D eigenvalue weighted by Crippen LogP contribution is 2.38. The Kier molecular flexibility index (Phi) is 8.70. The SMILES string of the molecule is CCOC(=O)C1=C(C)N=c2s/c(=C\c3cc(C)n(-c4ccc(C(=O)OCC)cc4)c3C)c(=O)n2[C@@H]1c1ccc(OC)c2ccccc12. The van der Waals surface area contributed by atoms with Gasteiger partial charge >= 0.3 is 11.9 Å². The van der Waals surface area contributed by atoms with E-state index in [9.17, 15) is 14.4 Å². The lowest BCUT2D eigenvalue weighted by molar-refractivity contribution is -0.139. The van der Waals surface area contributed by atoms with Gasteiger partial charge < -0.3 is 18.8 Å². The summed E-state index contributed by atoms with van der Waals surface area (Å²) in [6, 6.07) is 20.1. The van der Waals surface area contributed by atoms with Crippen molar-refractivity contribution < 1.29 is 23.8 Å². The first-order valence-electron chi connectivity index (χ1n) is 15.4. The predicted octanol–water partition coefficient (Wildman–Crippen LogP) is 5.54. The van der Waals surface area contributed by atoms with Gasteiger partial charge in [0.2, 0.25) is 0 Å². The smallest absolute Gasteiger partial charge is 0.338 e. The molecule has 0 unspecified atom stereocenters. The van der Waals surface area contributed by atoms with Crippen LogP contribution in [0.3, 0.4) is 0 Å². The number of aryl methyl sites for hydroxylation is 1. The molecule has 0 saturated heterocycles. The minimum Gasteiger partial charge on any atom is -0.496 e. The molecule has 3 heterocycles. The summed E-state index contributed by atoms with van der Waals surface area (Å²) in [5, 5.41) is 1.73. The van der Waals surface area contributed by atoms with Crippen molar-refractivity contribution in [1.29, 1.82) is 0 Å². The number of allylic oxidation sites excluding steroid dienone is 1. The molecule has 10 heteroatoms. The van der Waals surface area contributed by atoms with Gasteiger partial charge in [0.1, 0.15) is 5.75 Å². The van der Waals surface area contributed by atoms with Crippen molar-refractivity contribution in [3.05, 3.63) is 126 Å². The van der Waals surface area contributed by atoms with Crippen LogP contribution < -0.4 is 19.6 Å². The van der Waals surface area contributed by atoms with Crippen LogP contribution in [0.4, 0.5) is 0 Å². The number of ether oxygens (including phenoxy) is 3. The predicted molar refractivity (Wildman–Crippen MR) is 182 cm³/mol. The zero-order valence-electron chi connectivity index (χ0n) is 27.1. The first kappa shape index (κ1) is 31.7. The number of carbonyl (C=O) groups excluding carboxylic acids is 2. The average Bonchev–Trinajstić information content (AvgIpc) is 3.52. The quantitative estimate of drug-likeness (QED) is 0.205. The molecule has 240 valence electrons. The molecule has 5 aromatic rings. The fraction of sp³-hybridized carbons (Fsp3) is 0.243. The lowest BCUT2D eigenvalue weighted by Crippen LogP contribution is -2.40. The zero-order chi connectivity index (χ0) is 33.4.